The molecule has 1 aromatic heterocycles. The lowest BCUT2D eigenvalue weighted by Gasteiger charge is -2.34. The van der Waals surface area contributed by atoms with Gasteiger partial charge in [-0.3, -0.25) is 0 Å². The van der Waals surface area contributed by atoms with Gasteiger partial charge in [0.05, 0.1) is 6.61 Å². The molecule has 2 N–H and O–H groups in total. The van der Waals surface area contributed by atoms with Gasteiger partial charge in [-0.05, 0) is 39.0 Å². The van der Waals surface area contributed by atoms with Crippen LogP contribution in [0.1, 0.15) is 56.4 Å². The van der Waals surface area contributed by atoms with Gasteiger partial charge in [-0.15, -0.1) is 0 Å². The van der Waals surface area contributed by atoms with Gasteiger partial charge in [0, 0.05) is 18.6 Å². The molecule has 0 unspecified atom stereocenters. The van der Waals surface area contributed by atoms with Gasteiger partial charge in [-0.1, -0.05) is 6.92 Å². The second-order valence-corrected chi connectivity index (χ2v) is 5.50. The summed E-state index contributed by atoms with van der Waals surface area (Å²) in [7, 11) is 0. The van der Waals surface area contributed by atoms with E-state index in [-0.39, 0.29) is 5.69 Å². The number of rotatable bonds is 6. The number of ether oxygens (including phenoxy) is 1. The largest absolute Gasteiger partial charge is 0.461 e. The highest BCUT2D eigenvalue weighted by atomic mass is 16.5. The maximum atomic E-state index is 11.7. The molecule has 0 bridgehead atoms. The first kappa shape index (κ1) is 15.8. The molecule has 1 aliphatic rings. The molecule has 0 aliphatic heterocycles. The van der Waals surface area contributed by atoms with Crippen molar-refractivity contribution < 1.29 is 13.9 Å². The quantitative estimate of drug-likeness (QED) is 0.811. The number of nitrogens with zero attached hydrogens (tertiary/aromatic N) is 2. The Labute approximate surface area is 125 Å². The van der Waals surface area contributed by atoms with E-state index in [1.807, 2.05) is 0 Å². The van der Waals surface area contributed by atoms with Crippen LogP contribution in [0.15, 0.2) is 10.7 Å². The molecule has 1 saturated carbocycles. The molecule has 6 nitrogen and oxygen atoms in total. The Hall–Kier alpha value is -1.56. The number of anilines is 1. The zero-order valence-corrected chi connectivity index (χ0v) is 12.9. The van der Waals surface area contributed by atoms with Crippen molar-refractivity contribution in [3.8, 4) is 0 Å². The lowest BCUT2D eigenvalue weighted by atomic mass is 9.91. The fraction of sp³-hybridized carbons (Fsp3) is 0.733. The lowest BCUT2D eigenvalue weighted by molar-refractivity contribution is 0.0519. The summed E-state index contributed by atoms with van der Waals surface area (Å²) in [4.78, 5) is 18.1. The number of hydrogen-bond donors (Lipinski definition) is 1. The van der Waals surface area contributed by atoms with E-state index in [1.54, 1.807) is 6.92 Å². The second-order valence-electron chi connectivity index (χ2n) is 5.50. The van der Waals surface area contributed by atoms with Crippen molar-refractivity contribution in [1.82, 2.24) is 4.98 Å². The fourth-order valence-electron chi connectivity index (χ4n) is 2.78. The van der Waals surface area contributed by atoms with Crippen molar-refractivity contribution in [2.75, 3.05) is 18.1 Å². The molecule has 0 aromatic carbocycles. The molecule has 1 aromatic rings. The van der Waals surface area contributed by atoms with Crippen LogP contribution in [-0.2, 0) is 4.74 Å². The lowest BCUT2D eigenvalue weighted by Crippen LogP contribution is -2.41. The maximum Gasteiger partial charge on any atom is 0.360 e. The first-order valence-electron chi connectivity index (χ1n) is 7.80. The van der Waals surface area contributed by atoms with Gasteiger partial charge in [0.25, 0.3) is 6.01 Å². The van der Waals surface area contributed by atoms with Crippen molar-refractivity contribution in [3.63, 3.8) is 0 Å². The van der Waals surface area contributed by atoms with Crippen molar-refractivity contribution in [3.05, 3.63) is 12.0 Å². The van der Waals surface area contributed by atoms with Crippen molar-refractivity contribution >= 4 is 12.0 Å². The third kappa shape index (κ3) is 3.97. The van der Waals surface area contributed by atoms with Crippen molar-refractivity contribution in [2.45, 2.75) is 58.0 Å². The summed E-state index contributed by atoms with van der Waals surface area (Å²) in [5.41, 5.74) is 6.20. The predicted molar refractivity (Wildman–Crippen MR) is 80.3 cm³/mol. The average Bonchev–Trinajstić information content (AvgIpc) is 2.96. The number of carbonyl (C=O) groups is 1. The van der Waals surface area contributed by atoms with Crippen molar-refractivity contribution in [1.29, 1.82) is 0 Å². The van der Waals surface area contributed by atoms with E-state index in [0.29, 0.717) is 24.7 Å². The SMILES string of the molecule is CCCN(c1nc(C(=O)OCC)co1)C1CCC(N)CC1. The van der Waals surface area contributed by atoms with Crippen LogP contribution >= 0.6 is 0 Å². The molecule has 1 fully saturated rings. The molecule has 1 aliphatic carbocycles. The van der Waals surface area contributed by atoms with Crippen LogP contribution in [0, 0.1) is 0 Å². The van der Waals surface area contributed by atoms with Crippen LogP contribution in [0.25, 0.3) is 0 Å². The highest BCUT2D eigenvalue weighted by Gasteiger charge is 2.27. The summed E-state index contributed by atoms with van der Waals surface area (Å²) in [6.07, 6.45) is 6.51. The first-order valence-corrected chi connectivity index (χ1v) is 7.80. The number of oxazole rings is 1. The summed E-state index contributed by atoms with van der Waals surface area (Å²) >= 11 is 0. The van der Waals surface area contributed by atoms with Gasteiger partial charge in [-0.2, -0.15) is 4.98 Å². The minimum atomic E-state index is -0.436. The molecule has 0 saturated heterocycles. The number of hydrogen-bond acceptors (Lipinski definition) is 6. The van der Waals surface area contributed by atoms with E-state index in [0.717, 1.165) is 38.6 Å². The normalized spacial score (nSPS) is 22.0. The molecule has 0 atom stereocenters. The van der Waals surface area contributed by atoms with Gasteiger partial charge in [0.2, 0.25) is 0 Å². The molecular weight excluding hydrogens is 270 g/mol. The Kier molecular flexibility index (Phi) is 5.61. The number of aromatic nitrogens is 1. The molecule has 2 rings (SSSR count). The number of carbonyl (C=O) groups excluding carboxylic acids is 1. The van der Waals surface area contributed by atoms with Crippen LogP contribution in [-0.4, -0.2) is 36.2 Å². The highest BCUT2D eigenvalue weighted by Crippen LogP contribution is 2.27. The summed E-state index contributed by atoms with van der Waals surface area (Å²) in [6.45, 7) is 5.09. The van der Waals surface area contributed by atoms with Crippen LogP contribution in [0.2, 0.25) is 0 Å². The number of esters is 1. The van der Waals surface area contributed by atoms with E-state index in [9.17, 15) is 4.79 Å². The van der Waals surface area contributed by atoms with Crippen LogP contribution in [0.4, 0.5) is 6.01 Å². The van der Waals surface area contributed by atoms with Crippen LogP contribution < -0.4 is 10.6 Å². The minimum absolute atomic E-state index is 0.237. The number of nitrogens with two attached hydrogens (primary N) is 1. The van der Waals surface area contributed by atoms with Crippen molar-refractivity contribution in [2.24, 2.45) is 5.73 Å². The molecule has 0 amide bonds. The Morgan fingerprint density at radius 1 is 1.43 bits per heavy atom. The van der Waals surface area contributed by atoms with Crippen LogP contribution in [0.3, 0.4) is 0 Å². The third-order valence-electron chi connectivity index (χ3n) is 3.87. The van der Waals surface area contributed by atoms with Gasteiger partial charge in [0.15, 0.2) is 5.69 Å². The van der Waals surface area contributed by atoms with E-state index in [4.69, 9.17) is 14.9 Å². The molecule has 21 heavy (non-hydrogen) atoms. The van der Waals surface area contributed by atoms with Gasteiger partial charge < -0.3 is 19.8 Å². The maximum absolute atomic E-state index is 11.7. The first-order chi connectivity index (χ1) is 10.2. The standard InChI is InChI=1S/C15H25N3O3/c1-3-9-18(12-7-5-11(16)6-8-12)15-17-13(10-21-15)14(19)20-4-2/h10-12H,3-9,16H2,1-2H3. The zero-order chi connectivity index (χ0) is 15.2. The molecule has 118 valence electrons. The highest BCUT2D eigenvalue weighted by molar-refractivity contribution is 5.87. The van der Waals surface area contributed by atoms with Gasteiger partial charge >= 0.3 is 5.97 Å². The second kappa shape index (κ2) is 7.45. The molecule has 1 heterocycles. The minimum Gasteiger partial charge on any atom is -0.461 e. The fourth-order valence-corrected chi connectivity index (χ4v) is 2.78. The summed E-state index contributed by atoms with van der Waals surface area (Å²) in [5.74, 6) is -0.436. The summed E-state index contributed by atoms with van der Waals surface area (Å²) < 4.78 is 10.5. The Morgan fingerprint density at radius 2 is 2.14 bits per heavy atom. The molecule has 6 heteroatoms. The molecular formula is C15H25N3O3. The zero-order valence-electron chi connectivity index (χ0n) is 12.9. The van der Waals surface area contributed by atoms with Gasteiger partial charge in [0.1, 0.15) is 6.26 Å². The Bertz CT molecular complexity index is 453. The Morgan fingerprint density at radius 3 is 2.76 bits per heavy atom. The third-order valence-corrected chi connectivity index (χ3v) is 3.87. The Balaban J connectivity index is 2.09. The monoisotopic (exact) mass is 295 g/mol. The topological polar surface area (TPSA) is 81.6 Å². The summed E-state index contributed by atoms with van der Waals surface area (Å²) in [5, 5.41) is 0. The van der Waals surface area contributed by atoms with Crippen LogP contribution in [0.5, 0.6) is 0 Å². The van der Waals surface area contributed by atoms with Gasteiger partial charge in [-0.25, -0.2) is 4.79 Å². The van der Waals surface area contributed by atoms with E-state index < -0.39 is 5.97 Å². The molecule has 0 spiro atoms. The molecule has 0 radical (unpaired) electrons. The predicted octanol–water partition coefficient (Wildman–Crippen LogP) is 2.34. The summed E-state index contributed by atoms with van der Waals surface area (Å²) in [6, 6.07) is 1.21. The van der Waals surface area contributed by atoms with E-state index in [1.165, 1.54) is 6.26 Å². The van der Waals surface area contributed by atoms with E-state index in [2.05, 4.69) is 16.8 Å². The van der Waals surface area contributed by atoms with E-state index >= 15 is 0 Å². The average molecular weight is 295 g/mol. The smallest absolute Gasteiger partial charge is 0.360 e.